The first kappa shape index (κ1) is 17.2. The van der Waals surface area contributed by atoms with E-state index in [9.17, 15) is 4.79 Å². The Balaban J connectivity index is 1.35. The van der Waals surface area contributed by atoms with Crippen LogP contribution in [0.25, 0.3) is 0 Å². The highest BCUT2D eigenvalue weighted by Crippen LogP contribution is 2.40. The van der Waals surface area contributed by atoms with Crippen LogP contribution in [0.1, 0.15) is 43.6 Å². The van der Waals surface area contributed by atoms with Gasteiger partial charge in [0.25, 0.3) is 0 Å². The van der Waals surface area contributed by atoms with E-state index < -0.39 is 0 Å². The maximum atomic E-state index is 12.2. The lowest BCUT2D eigenvalue weighted by Gasteiger charge is -2.32. The molecule has 1 unspecified atom stereocenters. The Bertz CT molecular complexity index is 538. The number of carbonyl (C=O) groups excluding carboxylic acids is 1. The van der Waals surface area contributed by atoms with Crippen LogP contribution in [0.5, 0.6) is 0 Å². The van der Waals surface area contributed by atoms with Crippen molar-refractivity contribution in [1.29, 1.82) is 0 Å². The van der Waals surface area contributed by atoms with Crippen LogP contribution in [0.4, 0.5) is 4.79 Å². The number of morpholine rings is 1. The molecule has 2 aliphatic rings. The predicted molar refractivity (Wildman–Crippen MR) is 89.8 cm³/mol. The number of nitrogens with one attached hydrogen (secondary N) is 1. The fourth-order valence-electron chi connectivity index (χ4n) is 3.00. The van der Waals surface area contributed by atoms with Crippen molar-refractivity contribution in [2.75, 3.05) is 39.9 Å². The molecule has 1 aliphatic heterocycles. The molecule has 134 valence electrons. The smallest absolute Gasteiger partial charge is 0.317 e. The number of ether oxygens (including phenoxy) is 1. The molecular formula is C17H28N4O3. The summed E-state index contributed by atoms with van der Waals surface area (Å²) in [5.74, 6) is 1.50. The largest absolute Gasteiger partial charge is 0.379 e. The summed E-state index contributed by atoms with van der Waals surface area (Å²) in [7, 11) is 1.78. The van der Waals surface area contributed by atoms with Gasteiger partial charge in [0.05, 0.1) is 19.8 Å². The molecule has 1 aromatic heterocycles. The maximum absolute atomic E-state index is 12.2. The van der Waals surface area contributed by atoms with Crippen LogP contribution in [-0.2, 0) is 11.3 Å². The van der Waals surface area contributed by atoms with Gasteiger partial charge in [-0.15, -0.1) is 0 Å². The van der Waals surface area contributed by atoms with Crippen LogP contribution in [-0.4, -0.2) is 66.9 Å². The normalized spacial score (nSPS) is 19.9. The van der Waals surface area contributed by atoms with Gasteiger partial charge in [0.2, 0.25) is 0 Å². The molecule has 1 aliphatic carbocycles. The highest BCUT2D eigenvalue weighted by Gasteiger charge is 2.28. The van der Waals surface area contributed by atoms with Crippen LogP contribution in [0.3, 0.4) is 0 Å². The van der Waals surface area contributed by atoms with Crippen LogP contribution in [0, 0.1) is 0 Å². The molecule has 1 saturated heterocycles. The number of hydrogen-bond donors (Lipinski definition) is 1. The summed E-state index contributed by atoms with van der Waals surface area (Å²) in [4.78, 5) is 16.2. The number of carbonyl (C=O) groups is 1. The van der Waals surface area contributed by atoms with Crippen molar-refractivity contribution in [3.63, 3.8) is 0 Å². The van der Waals surface area contributed by atoms with Crippen molar-refractivity contribution in [1.82, 2.24) is 20.3 Å². The third-order valence-corrected chi connectivity index (χ3v) is 4.81. The number of amides is 2. The van der Waals surface area contributed by atoms with E-state index in [1.807, 2.05) is 6.07 Å². The van der Waals surface area contributed by atoms with E-state index in [-0.39, 0.29) is 6.03 Å². The standard InChI is InChI=1S/C17H28N4O3/c1-13(21-7-9-23-10-8-21)5-6-18-17(22)20(2)12-15-11-16(24-19-15)14-3-4-14/h11,13-14H,3-10,12H2,1-2H3,(H,18,22). The molecule has 7 heteroatoms. The number of aromatic nitrogens is 1. The summed E-state index contributed by atoms with van der Waals surface area (Å²) in [6.45, 7) is 6.92. The van der Waals surface area contributed by atoms with Gasteiger partial charge in [0, 0.05) is 44.7 Å². The molecule has 2 amide bonds. The van der Waals surface area contributed by atoms with Crippen molar-refractivity contribution < 1.29 is 14.1 Å². The molecule has 1 atom stereocenters. The molecule has 0 bridgehead atoms. The van der Waals surface area contributed by atoms with Gasteiger partial charge in [-0.25, -0.2) is 4.79 Å². The molecule has 1 aromatic rings. The Hall–Kier alpha value is -1.60. The number of rotatable bonds is 7. The quantitative estimate of drug-likeness (QED) is 0.822. The van der Waals surface area contributed by atoms with Crippen LogP contribution >= 0.6 is 0 Å². The SMILES string of the molecule is CC(CCNC(=O)N(C)Cc1cc(C2CC2)on1)N1CCOCC1. The van der Waals surface area contributed by atoms with E-state index >= 15 is 0 Å². The lowest BCUT2D eigenvalue weighted by Crippen LogP contribution is -2.44. The molecule has 24 heavy (non-hydrogen) atoms. The monoisotopic (exact) mass is 336 g/mol. The maximum Gasteiger partial charge on any atom is 0.317 e. The van der Waals surface area contributed by atoms with Crippen molar-refractivity contribution in [2.45, 2.75) is 44.7 Å². The summed E-state index contributed by atoms with van der Waals surface area (Å²) in [5, 5.41) is 7.04. The van der Waals surface area contributed by atoms with Gasteiger partial charge in [0.1, 0.15) is 11.5 Å². The van der Waals surface area contributed by atoms with Crippen LogP contribution < -0.4 is 5.32 Å². The Morgan fingerprint density at radius 2 is 2.21 bits per heavy atom. The highest BCUT2D eigenvalue weighted by atomic mass is 16.5. The van der Waals surface area contributed by atoms with E-state index in [0.29, 0.717) is 25.0 Å². The van der Waals surface area contributed by atoms with Gasteiger partial charge in [-0.1, -0.05) is 5.16 Å². The van der Waals surface area contributed by atoms with Gasteiger partial charge in [-0.3, -0.25) is 4.90 Å². The molecule has 1 N–H and O–H groups in total. The number of urea groups is 1. The lowest BCUT2D eigenvalue weighted by molar-refractivity contribution is 0.0188. The Morgan fingerprint density at radius 1 is 1.46 bits per heavy atom. The zero-order valence-corrected chi connectivity index (χ0v) is 14.7. The van der Waals surface area contributed by atoms with Crippen LogP contribution in [0.15, 0.2) is 10.6 Å². The van der Waals surface area contributed by atoms with Gasteiger partial charge in [0.15, 0.2) is 0 Å². The molecular weight excluding hydrogens is 308 g/mol. The zero-order valence-electron chi connectivity index (χ0n) is 14.7. The second-order valence-electron chi connectivity index (χ2n) is 6.87. The number of hydrogen-bond acceptors (Lipinski definition) is 5. The first-order valence-electron chi connectivity index (χ1n) is 8.89. The second kappa shape index (κ2) is 7.98. The molecule has 2 fully saturated rings. The summed E-state index contributed by atoms with van der Waals surface area (Å²) < 4.78 is 10.7. The molecule has 0 spiro atoms. The lowest BCUT2D eigenvalue weighted by atomic mass is 10.2. The highest BCUT2D eigenvalue weighted by molar-refractivity contribution is 5.73. The van der Waals surface area contributed by atoms with E-state index in [2.05, 4.69) is 22.3 Å². The third kappa shape index (κ3) is 4.70. The molecule has 0 radical (unpaired) electrons. The first-order valence-corrected chi connectivity index (χ1v) is 8.89. The van der Waals surface area contributed by atoms with Crippen molar-refractivity contribution in [3.8, 4) is 0 Å². The van der Waals surface area contributed by atoms with Crippen molar-refractivity contribution in [2.24, 2.45) is 0 Å². The van der Waals surface area contributed by atoms with E-state index in [1.165, 1.54) is 12.8 Å². The molecule has 1 saturated carbocycles. The fraction of sp³-hybridized carbons (Fsp3) is 0.765. The predicted octanol–water partition coefficient (Wildman–Crippen LogP) is 1.80. The van der Waals surface area contributed by atoms with E-state index in [0.717, 1.165) is 44.2 Å². The Morgan fingerprint density at radius 3 is 2.92 bits per heavy atom. The summed E-state index contributed by atoms with van der Waals surface area (Å²) in [5.41, 5.74) is 0.816. The van der Waals surface area contributed by atoms with Gasteiger partial charge < -0.3 is 19.5 Å². The minimum atomic E-state index is -0.0693. The topological polar surface area (TPSA) is 70.8 Å². The Kier molecular flexibility index (Phi) is 5.73. The number of nitrogens with zero attached hydrogens (tertiary/aromatic N) is 3. The minimum Gasteiger partial charge on any atom is -0.379 e. The average molecular weight is 336 g/mol. The first-order chi connectivity index (χ1) is 11.6. The summed E-state index contributed by atoms with van der Waals surface area (Å²) >= 11 is 0. The van der Waals surface area contributed by atoms with Crippen molar-refractivity contribution >= 4 is 6.03 Å². The zero-order chi connectivity index (χ0) is 16.9. The van der Waals surface area contributed by atoms with Gasteiger partial charge in [-0.2, -0.15) is 0 Å². The van der Waals surface area contributed by atoms with Gasteiger partial charge >= 0.3 is 6.03 Å². The van der Waals surface area contributed by atoms with E-state index in [4.69, 9.17) is 9.26 Å². The van der Waals surface area contributed by atoms with Gasteiger partial charge in [-0.05, 0) is 26.2 Å². The molecule has 3 rings (SSSR count). The summed E-state index contributed by atoms with van der Waals surface area (Å²) in [6.07, 6.45) is 3.31. The molecule has 0 aromatic carbocycles. The third-order valence-electron chi connectivity index (χ3n) is 4.81. The van der Waals surface area contributed by atoms with Crippen LogP contribution in [0.2, 0.25) is 0 Å². The minimum absolute atomic E-state index is 0.0693. The second-order valence-corrected chi connectivity index (χ2v) is 6.87. The Labute approximate surface area is 143 Å². The fourth-order valence-corrected chi connectivity index (χ4v) is 3.00. The average Bonchev–Trinajstić information content (AvgIpc) is 3.35. The molecule has 2 heterocycles. The summed E-state index contributed by atoms with van der Waals surface area (Å²) in [6, 6.07) is 2.36. The van der Waals surface area contributed by atoms with Crippen molar-refractivity contribution in [3.05, 3.63) is 17.5 Å². The van der Waals surface area contributed by atoms with E-state index in [1.54, 1.807) is 11.9 Å². The molecule has 7 nitrogen and oxygen atoms in total.